The molecular formula is C14H10F2. The van der Waals surface area contributed by atoms with Crippen LogP contribution >= 0.6 is 0 Å². The predicted octanol–water partition coefficient (Wildman–Crippen LogP) is 4.20. The van der Waals surface area contributed by atoms with Crippen LogP contribution in [-0.4, -0.2) is 0 Å². The molecule has 0 N–H and O–H groups in total. The predicted molar refractivity (Wildman–Crippen MR) is 59.6 cm³/mol. The lowest BCUT2D eigenvalue weighted by molar-refractivity contribution is 0.152. The van der Waals surface area contributed by atoms with Gasteiger partial charge in [0.2, 0.25) is 0 Å². The Kier molecular flexibility index (Phi) is 2.03. The van der Waals surface area contributed by atoms with Gasteiger partial charge in [-0.3, -0.25) is 0 Å². The van der Waals surface area contributed by atoms with Crippen molar-refractivity contribution in [2.45, 2.75) is 12.8 Å². The first-order valence-electron chi connectivity index (χ1n) is 5.25. The molecule has 2 aromatic rings. The van der Waals surface area contributed by atoms with E-state index in [1.54, 1.807) is 6.07 Å². The number of hydrogen-bond donors (Lipinski definition) is 0. The maximum atomic E-state index is 12.9. The van der Waals surface area contributed by atoms with Gasteiger partial charge in [-0.05, 0) is 28.7 Å². The van der Waals surface area contributed by atoms with Crippen molar-refractivity contribution in [3.05, 3.63) is 59.2 Å². The van der Waals surface area contributed by atoms with E-state index in [9.17, 15) is 8.78 Å². The molecule has 0 aliphatic heterocycles. The van der Waals surface area contributed by atoms with Crippen LogP contribution in [0.2, 0.25) is 0 Å². The summed E-state index contributed by atoms with van der Waals surface area (Å²) >= 11 is 0. The van der Waals surface area contributed by atoms with E-state index >= 15 is 0 Å². The number of halogens is 2. The second-order valence-corrected chi connectivity index (χ2v) is 4.02. The first-order chi connectivity index (χ1) is 7.77. The highest BCUT2D eigenvalue weighted by Gasteiger charge is 2.23. The fourth-order valence-electron chi connectivity index (χ4n) is 2.40. The van der Waals surface area contributed by atoms with Crippen LogP contribution in [0, 0.1) is 0 Å². The number of fused-ring (bicyclic) bond motifs is 3. The number of rotatable bonds is 1. The van der Waals surface area contributed by atoms with E-state index in [2.05, 4.69) is 0 Å². The minimum absolute atomic E-state index is 0.155. The minimum atomic E-state index is -2.40. The summed E-state index contributed by atoms with van der Waals surface area (Å²) in [7, 11) is 0. The van der Waals surface area contributed by atoms with Gasteiger partial charge in [-0.25, -0.2) is 8.78 Å². The molecule has 0 amide bonds. The standard InChI is InChI=1S/C14H10F2/c15-14(16)12-7-3-5-10-8-9-4-1-2-6-11(9)13(10)12/h1-7,14H,8H2. The molecule has 0 unspecified atom stereocenters. The van der Waals surface area contributed by atoms with Crippen LogP contribution in [0.5, 0.6) is 0 Å². The summed E-state index contributed by atoms with van der Waals surface area (Å²) in [5, 5.41) is 0. The Labute approximate surface area is 92.5 Å². The molecular weight excluding hydrogens is 206 g/mol. The molecule has 16 heavy (non-hydrogen) atoms. The van der Waals surface area contributed by atoms with Crippen molar-refractivity contribution in [2.24, 2.45) is 0 Å². The zero-order valence-electron chi connectivity index (χ0n) is 8.58. The van der Waals surface area contributed by atoms with Crippen LogP contribution in [0.1, 0.15) is 23.1 Å². The van der Waals surface area contributed by atoms with Gasteiger partial charge in [0, 0.05) is 5.56 Å². The average molecular weight is 216 g/mol. The Balaban J connectivity index is 2.29. The Bertz CT molecular complexity index is 544. The van der Waals surface area contributed by atoms with Gasteiger partial charge >= 0.3 is 0 Å². The Morgan fingerprint density at radius 3 is 2.44 bits per heavy atom. The van der Waals surface area contributed by atoms with Gasteiger partial charge < -0.3 is 0 Å². The number of alkyl halides is 2. The smallest absolute Gasteiger partial charge is 0.205 e. The van der Waals surface area contributed by atoms with Crippen LogP contribution < -0.4 is 0 Å². The molecule has 2 heteroatoms. The zero-order valence-corrected chi connectivity index (χ0v) is 8.58. The molecule has 0 nitrogen and oxygen atoms in total. The third-order valence-electron chi connectivity index (χ3n) is 3.09. The molecule has 3 rings (SSSR count). The maximum absolute atomic E-state index is 12.9. The summed E-state index contributed by atoms with van der Waals surface area (Å²) in [6.45, 7) is 0. The summed E-state index contributed by atoms with van der Waals surface area (Å²) in [6, 6.07) is 12.9. The molecule has 0 saturated carbocycles. The summed E-state index contributed by atoms with van der Waals surface area (Å²) < 4.78 is 25.8. The molecule has 1 aliphatic carbocycles. The highest BCUT2D eigenvalue weighted by atomic mass is 19.3. The molecule has 0 spiro atoms. The summed E-state index contributed by atoms with van der Waals surface area (Å²) in [4.78, 5) is 0. The summed E-state index contributed by atoms with van der Waals surface area (Å²) in [6.07, 6.45) is -1.63. The molecule has 80 valence electrons. The van der Waals surface area contributed by atoms with E-state index < -0.39 is 6.43 Å². The van der Waals surface area contributed by atoms with Crippen molar-refractivity contribution in [1.29, 1.82) is 0 Å². The van der Waals surface area contributed by atoms with Crippen molar-refractivity contribution in [2.75, 3.05) is 0 Å². The van der Waals surface area contributed by atoms with Crippen LogP contribution in [-0.2, 0) is 6.42 Å². The lowest BCUT2D eigenvalue weighted by atomic mass is 10.00. The third-order valence-corrected chi connectivity index (χ3v) is 3.09. The van der Waals surface area contributed by atoms with Crippen LogP contribution in [0.4, 0.5) is 8.78 Å². The fourth-order valence-corrected chi connectivity index (χ4v) is 2.40. The lowest BCUT2D eigenvalue weighted by Gasteiger charge is -2.08. The molecule has 0 saturated heterocycles. The highest BCUT2D eigenvalue weighted by molar-refractivity contribution is 5.79. The van der Waals surface area contributed by atoms with E-state index in [-0.39, 0.29) is 5.56 Å². The Hall–Kier alpha value is -1.70. The fraction of sp³-hybridized carbons (Fsp3) is 0.143. The lowest BCUT2D eigenvalue weighted by Crippen LogP contribution is -1.90. The van der Waals surface area contributed by atoms with Gasteiger partial charge in [0.1, 0.15) is 0 Å². The van der Waals surface area contributed by atoms with Gasteiger partial charge in [0.05, 0.1) is 0 Å². The van der Waals surface area contributed by atoms with Gasteiger partial charge in [-0.1, -0.05) is 42.5 Å². The van der Waals surface area contributed by atoms with E-state index in [0.717, 1.165) is 28.7 Å². The van der Waals surface area contributed by atoms with Crippen molar-refractivity contribution in [1.82, 2.24) is 0 Å². The second kappa shape index (κ2) is 3.41. The van der Waals surface area contributed by atoms with Gasteiger partial charge in [-0.2, -0.15) is 0 Å². The number of benzene rings is 2. The van der Waals surface area contributed by atoms with E-state index in [1.165, 1.54) is 6.07 Å². The van der Waals surface area contributed by atoms with Gasteiger partial charge in [0.15, 0.2) is 0 Å². The average Bonchev–Trinajstić information content (AvgIpc) is 2.66. The largest absolute Gasteiger partial charge is 0.264 e. The quantitative estimate of drug-likeness (QED) is 0.572. The molecule has 0 aromatic heterocycles. The monoisotopic (exact) mass is 216 g/mol. The van der Waals surface area contributed by atoms with E-state index in [1.807, 2.05) is 30.3 Å². The third kappa shape index (κ3) is 1.26. The molecule has 0 fully saturated rings. The Morgan fingerprint density at radius 2 is 1.62 bits per heavy atom. The first kappa shape index (κ1) is 9.52. The SMILES string of the molecule is FC(F)c1cccc2c1-c1ccccc1C2. The topological polar surface area (TPSA) is 0 Å². The maximum Gasteiger partial charge on any atom is 0.264 e. The molecule has 0 bridgehead atoms. The normalized spacial score (nSPS) is 12.7. The Morgan fingerprint density at radius 1 is 0.875 bits per heavy atom. The van der Waals surface area contributed by atoms with Crippen molar-refractivity contribution in [3.63, 3.8) is 0 Å². The van der Waals surface area contributed by atoms with Crippen molar-refractivity contribution in [3.8, 4) is 11.1 Å². The molecule has 0 radical (unpaired) electrons. The first-order valence-corrected chi connectivity index (χ1v) is 5.25. The number of hydrogen-bond acceptors (Lipinski definition) is 0. The van der Waals surface area contributed by atoms with Crippen LogP contribution in [0.25, 0.3) is 11.1 Å². The highest BCUT2D eigenvalue weighted by Crippen LogP contribution is 2.41. The zero-order chi connectivity index (χ0) is 11.1. The van der Waals surface area contributed by atoms with Crippen molar-refractivity contribution < 1.29 is 8.78 Å². The van der Waals surface area contributed by atoms with E-state index in [4.69, 9.17) is 0 Å². The molecule has 2 aromatic carbocycles. The molecule has 0 heterocycles. The molecule has 1 aliphatic rings. The minimum Gasteiger partial charge on any atom is -0.205 e. The summed E-state index contributed by atoms with van der Waals surface area (Å²) in [5.41, 5.74) is 4.02. The van der Waals surface area contributed by atoms with Gasteiger partial charge in [0.25, 0.3) is 6.43 Å². The van der Waals surface area contributed by atoms with E-state index in [0.29, 0.717) is 0 Å². The summed E-state index contributed by atoms with van der Waals surface area (Å²) in [5.74, 6) is 0. The van der Waals surface area contributed by atoms with Crippen molar-refractivity contribution >= 4 is 0 Å². The molecule has 0 atom stereocenters. The second-order valence-electron chi connectivity index (χ2n) is 4.02. The van der Waals surface area contributed by atoms with Gasteiger partial charge in [-0.15, -0.1) is 0 Å². The van der Waals surface area contributed by atoms with Crippen LogP contribution in [0.15, 0.2) is 42.5 Å². The van der Waals surface area contributed by atoms with Crippen LogP contribution in [0.3, 0.4) is 0 Å².